The summed E-state index contributed by atoms with van der Waals surface area (Å²) < 4.78 is 17.6. The van der Waals surface area contributed by atoms with Gasteiger partial charge in [0.05, 0.1) is 25.4 Å². The van der Waals surface area contributed by atoms with Gasteiger partial charge in [-0.15, -0.1) is 0 Å². The second kappa shape index (κ2) is 11.7. The van der Waals surface area contributed by atoms with Crippen LogP contribution in [0.1, 0.15) is 46.6 Å². The van der Waals surface area contributed by atoms with Crippen LogP contribution in [0.5, 0.6) is 5.75 Å². The van der Waals surface area contributed by atoms with Gasteiger partial charge in [0, 0.05) is 43.9 Å². The molecule has 0 unspecified atom stereocenters. The summed E-state index contributed by atoms with van der Waals surface area (Å²) in [7, 11) is 0. The molecule has 1 N–H and O–H groups in total. The van der Waals surface area contributed by atoms with Crippen molar-refractivity contribution < 1.29 is 14.2 Å². The number of nitriles is 1. The average Bonchev–Trinajstić information content (AvgIpc) is 2.79. The third-order valence-corrected chi connectivity index (χ3v) is 5.82. The molecule has 1 fully saturated rings. The highest BCUT2D eigenvalue weighted by Gasteiger charge is 2.24. The van der Waals surface area contributed by atoms with E-state index in [1.807, 2.05) is 52.8 Å². The molecule has 0 aliphatic carbocycles. The molecule has 0 bridgehead atoms. The summed E-state index contributed by atoms with van der Waals surface area (Å²) in [4.78, 5) is 2.41. The van der Waals surface area contributed by atoms with E-state index in [-0.39, 0.29) is 5.60 Å². The zero-order valence-electron chi connectivity index (χ0n) is 21.3. The molecule has 2 aromatic carbocycles. The summed E-state index contributed by atoms with van der Waals surface area (Å²) in [5.41, 5.74) is 2.86. The van der Waals surface area contributed by atoms with E-state index >= 15 is 0 Å². The smallest absolute Gasteiger partial charge is 0.138 e. The van der Waals surface area contributed by atoms with Gasteiger partial charge in [0.2, 0.25) is 0 Å². The number of ether oxygens (including phenoxy) is 3. The zero-order valence-corrected chi connectivity index (χ0v) is 21.3. The summed E-state index contributed by atoms with van der Waals surface area (Å²) in [6.07, 6.45) is 0.726. The summed E-state index contributed by atoms with van der Waals surface area (Å²) in [6.45, 7) is 16.3. The van der Waals surface area contributed by atoms with Gasteiger partial charge in [-0.05, 0) is 58.4 Å². The molecule has 0 spiro atoms. The number of hydrogen-bond donors (Lipinski definition) is 1. The minimum Gasteiger partial charge on any atom is -0.486 e. The number of nitrogens with zero attached hydrogens (tertiary/aromatic N) is 2. The Labute approximate surface area is 204 Å². The van der Waals surface area contributed by atoms with Gasteiger partial charge < -0.3 is 19.5 Å². The molecule has 0 saturated carbocycles. The molecule has 0 atom stereocenters. The predicted molar refractivity (Wildman–Crippen MR) is 137 cm³/mol. The second-order valence-electron chi connectivity index (χ2n) is 10.3. The maximum absolute atomic E-state index is 9.95. The lowest BCUT2D eigenvalue weighted by Crippen LogP contribution is -2.38. The van der Waals surface area contributed by atoms with Crippen molar-refractivity contribution in [1.29, 1.82) is 5.26 Å². The number of rotatable bonds is 10. The third-order valence-electron chi connectivity index (χ3n) is 5.82. The first kappa shape index (κ1) is 26.0. The molecular weight excluding hydrogens is 426 g/mol. The molecule has 3 rings (SSSR count). The lowest BCUT2D eigenvalue weighted by molar-refractivity contribution is -0.0293. The van der Waals surface area contributed by atoms with Gasteiger partial charge in [-0.3, -0.25) is 4.90 Å². The van der Waals surface area contributed by atoms with Gasteiger partial charge in [-0.25, -0.2) is 0 Å². The highest BCUT2D eigenvalue weighted by atomic mass is 16.5. The molecule has 1 aliphatic heterocycles. The summed E-state index contributed by atoms with van der Waals surface area (Å²) >= 11 is 0. The van der Waals surface area contributed by atoms with Crippen LogP contribution in [0.3, 0.4) is 0 Å². The van der Waals surface area contributed by atoms with E-state index in [1.54, 1.807) is 0 Å². The lowest BCUT2D eigenvalue weighted by Gasteiger charge is -2.29. The molecule has 1 aliphatic rings. The SMILES string of the molecule is CC(C)(C)OCCC(C)(C)Oc1cccc(-c2ccc(NCCN3CCOCC3)cc2)c1C#N. The Hall–Kier alpha value is -2.59. The number of morpholine rings is 1. The highest BCUT2D eigenvalue weighted by Crippen LogP contribution is 2.33. The minimum absolute atomic E-state index is 0.183. The fraction of sp³-hybridized carbons (Fsp3) is 0.536. The van der Waals surface area contributed by atoms with Crippen molar-refractivity contribution in [3.63, 3.8) is 0 Å². The van der Waals surface area contributed by atoms with Gasteiger partial charge in [-0.2, -0.15) is 5.26 Å². The van der Waals surface area contributed by atoms with E-state index in [2.05, 4.69) is 40.6 Å². The van der Waals surface area contributed by atoms with Crippen LogP contribution in [0, 0.1) is 11.3 Å². The lowest BCUT2D eigenvalue weighted by atomic mass is 9.98. The van der Waals surface area contributed by atoms with Crippen LogP contribution in [0.4, 0.5) is 5.69 Å². The number of nitrogens with one attached hydrogen (secondary N) is 1. The fourth-order valence-electron chi connectivity index (χ4n) is 3.87. The van der Waals surface area contributed by atoms with E-state index in [4.69, 9.17) is 14.2 Å². The van der Waals surface area contributed by atoms with Crippen molar-refractivity contribution in [3.8, 4) is 22.9 Å². The van der Waals surface area contributed by atoms with Crippen LogP contribution in [-0.4, -0.2) is 62.1 Å². The molecule has 6 nitrogen and oxygen atoms in total. The summed E-state index contributed by atoms with van der Waals surface area (Å²) in [5, 5.41) is 13.4. The van der Waals surface area contributed by atoms with Crippen molar-refractivity contribution in [1.82, 2.24) is 4.90 Å². The minimum atomic E-state index is -0.455. The normalized spacial score (nSPS) is 15.1. The van der Waals surface area contributed by atoms with Crippen molar-refractivity contribution in [3.05, 3.63) is 48.0 Å². The van der Waals surface area contributed by atoms with Crippen molar-refractivity contribution in [2.45, 2.75) is 52.2 Å². The Morgan fingerprint density at radius 1 is 1.03 bits per heavy atom. The van der Waals surface area contributed by atoms with E-state index in [1.165, 1.54) is 0 Å². The first-order valence-electron chi connectivity index (χ1n) is 12.2. The van der Waals surface area contributed by atoms with Crippen LogP contribution in [0.15, 0.2) is 42.5 Å². The summed E-state index contributed by atoms with van der Waals surface area (Å²) in [6, 6.07) is 16.4. The standard InChI is InChI=1S/C28H39N3O3/c1-27(2,3)33-18-13-28(4,5)34-26-8-6-7-24(25(26)21-29)22-9-11-23(12-10-22)30-14-15-31-16-19-32-20-17-31/h6-12,30H,13-20H2,1-5H3. The molecule has 6 heteroatoms. The largest absolute Gasteiger partial charge is 0.486 e. The maximum atomic E-state index is 9.95. The molecular formula is C28H39N3O3. The Kier molecular flexibility index (Phi) is 8.96. The van der Waals surface area contributed by atoms with Gasteiger partial charge >= 0.3 is 0 Å². The van der Waals surface area contributed by atoms with E-state index in [0.29, 0.717) is 17.9 Å². The van der Waals surface area contributed by atoms with Gasteiger partial charge in [-0.1, -0.05) is 24.3 Å². The second-order valence-corrected chi connectivity index (χ2v) is 10.3. The first-order valence-corrected chi connectivity index (χ1v) is 12.2. The fourth-order valence-corrected chi connectivity index (χ4v) is 3.87. The molecule has 0 aromatic heterocycles. The Morgan fingerprint density at radius 3 is 2.38 bits per heavy atom. The van der Waals surface area contributed by atoms with Gasteiger partial charge in [0.15, 0.2) is 0 Å². The third kappa shape index (κ3) is 8.02. The highest BCUT2D eigenvalue weighted by molar-refractivity contribution is 5.74. The van der Waals surface area contributed by atoms with E-state index < -0.39 is 5.60 Å². The van der Waals surface area contributed by atoms with E-state index in [0.717, 1.165) is 62.6 Å². The zero-order chi connectivity index (χ0) is 24.6. The first-order chi connectivity index (χ1) is 16.2. The average molecular weight is 466 g/mol. The predicted octanol–water partition coefficient (Wildman–Crippen LogP) is 5.33. The summed E-state index contributed by atoms with van der Waals surface area (Å²) in [5.74, 6) is 0.605. The van der Waals surface area contributed by atoms with Crippen molar-refractivity contribution in [2.75, 3.05) is 51.3 Å². The van der Waals surface area contributed by atoms with E-state index in [9.17, 15) is 5.26 Å². The van der Waals surface area contributed by atoms with Crippen molar-refractivity contribution in [2.24, 2.45) is 0 Å². The number of hydrogen-bond acceptors (Lipinski definition) is 6. The monoisotopic (exact) mass is 465 g/mol. The van der Waals surface area contributed by atoms with Crippen LogP contribution < -0.4 is 10.1 Å². The Morgan fingerprint density at radius 2 is 1.74 bits per heavy atom. The Balaban J connectivity index is 1.64. The molecule has 1 heterocycles. The van der Waals surface area contributed by atoms with Crippen LogP contribution in [0.25, 0.3) is 11.1 Å². The van der Waals surface area contributed by atoms with Crippen LogP contribution >= 0.6 is 0 Å². The van der Waals surface area contributed by atoms with Crippen LogP contribution in [0.2, 0.25) is 0 Å². The Bertz CT molecular complexity index is 952. The molecule has 2 aromatic rings. The van der Waals surface area contributed by atoms with Gasteiger partial charge in [0.25, 0.3) is 0 Å². The van der Waals surface area contributed by atoms with Crippen LogP contribution in [-0.2, 0) is 9.47 Å². The van der Waals surface area contributed by atoms with Gasteiger partial charge in [0.1, 0.15) is 23.0 Å². The maximum Gasteiger partial charge on any atom is 0.138 e. The molecule has 0 amide bonds. The molecule has 1 saturated heterocycles. The number of benzene rings is 2. The quantitative estimate of drug-likeness (QED) is 0.511. The molecule has 0 radical (unpaired) electrons. The molecule has 34 heavy (non-hydrogen) atoms. The topological polar surface area (TPSA) is 66.8 Å². The number of anilines is 1. The van der Waals surface area contributed by atoms with Crippen molar-refractivity contribution >= 4 is 5.69 Å². The molecule has 184 valence electrons.